The summed E-state index contributed by atoms with van der Waals surface area (Å²) in [5.74, 6) is 0.774. The normalized spacial score (nSPS) is 15.9. The van der Waals surface area contributed by atoms with Gasteiger partial charge in [-0.05, 0) is 49.2 Å². The molecule has 2 heterocycles. The van der Waals surface area contributed by atoms with E-state index in [-0.39, 0.29) is 17.5 Å². The predicted octanol–water partition coefficient (Wildman–Crippen LogP) is 3.67. The Morgan fingerprint density at radius 1 is 1.10 bits per heavy atom. The van der Waals surface area contributed by atoms with Crippen LogP contribution in [0.5, 0.6) is 0 Å². The maximum absolute atomic E-state index is 12.9. The monoisotopic (exact) mass is 438 g/mol. The molecular formula is C24H27ClN4O2. The molecule has 4 rings (SSSR count). The number of aromatic nitrogens is 2. The molecule has 1 atom stereocenters. The lowest BCUT2D eigenvalue weighted by molar-refractivity contribution is 0.0572. The Bertz CT molecular complexity index is 1160. The fraction of sp³-hybridized carbons (Fsp3) is 0.375. The number of halogens is 1. The van der Waals surface area contributed by atoms with Gasteiger partial charge in [-0.3, -0.25) is 19.1 Å². The second kappa shape index (κ2) is 8.81. The molecule has 7 heteroatoms. The van der Waals surface area contributed by atoms with E-state index in [2.05, 4.69) is 18.7 Å². The van der Waals surface area contributed by atoms with Crippen molar-refractivity contribution in [2.75, 3.05) is 26.2 Å². The van der Waals surface area contributed by atoms with Crippen molar-refractivity contribution in [1.82, 2.24) is 19.4 Å². The molecule has 1 aliphatic rings. The topological polar surface area (TPSA) is 58.4 Å². The van der Waals surface area contributed by atoms with Crippen LogP contribution in [-0.4, -0.2) is 51.4 Å². The highest BCUT2D eigenvalue weighted by molar-refractivity contribution is 6.31. The molecule has 1 saturated heterocycles. The maximum Gasteiger partial charge on any atom is 0.261 e. The van der Waals surface area contributed by atoms with Gasteiger partial charge in [0.1, 0.15) is 5.82 Å². The van der Waals surface area contributed by atoms with Gasteiger partial charge in [-0.1, -0.05) is 30.7 Å². The number of rotatable bonds is 4. The first kappa shape index (κ1) is 21.5. The number of carbonyl (C=O) groups excluding carboxylic acids is 1. The van der Waals surface area contributed by atoms with Gasteiger partial charge in [0, 0.05) is 43.8 Å². The maximum atomic E-state index is 12.9. The zero-order chi connectivity index (χ0) is 22.1. The van der Waals surface area contributed by atoms with Gasteiger partial charge in [0.15, 0.2) is 0 Å². The number of piperazine rings is 1. The van der Waals surface area contributed by atoms with Gasteiger partial charge in [-0.2, -0.15) is 0 Å². The van der Waals surface area contributed by atoms with Crippen LogP contribution in [0.3, 0.4) is 0 Å². The molecule has 1 amide bonds. The van der Waals surface area contributed by atoms with Crippen molar-refractivity contribution in [2.45, 2.75) is 26.3 Å². The predicted molar refractivity (Wildman–Crippen MR) is 124 cm³/mol. The van der Waals surface area contributed by atoms with Crippen LogP contribution in [0.4, 0.5) is 0 Å². The molecule has 162 valence electrons. The Hall–Kier alpha value is -2.70. The molecule has 0 N–H and O–H groups in total. The zero-order valence-corrected chi connectivity index (χ0v) is 18.9. The summed E-state index contributed by atoms with van der Waals surface area (Å²) in [5.41, 5.74) is 2.49. The standard InChI is InChI=1S/C24H27ClN4O2/c1-4-17-5-7-18(8-6-17)23(30)29-13-11-28(12-14-29)16(2)22-26-21-15-19(25)9-10-20(21)24(31)27(22)3/h5-10,15-16H,4,11-14H2,1-3H3. The Labute approximate surface area is 187 Å². The molecule has 3 aromatic rings. The highest BCUT2D eigenvalue weighted by Crippen LogP contribution is 2.23. The Morgan fingerprint density at radius 2 is 1.77 bits per heavy atom. The third-order valence-corrected chi connectivity index (χ3v) is 6.44. The quantitative estimate of drug-likeness (QED) is 0.623. The Kier molecular flexibility index (Phi) is 6.12. The van der Waals surface area contributed by atoms with Crippen molar-refractivity contribution in [3.05, 3.63) is 74.8 Å². The summed E-state index contributed by atoms with van der Waals surface area (Å²) in [6, 6.07) is 13.0. The lowest BCUT2D eigenvalue weighted by Gasteiger charge is -2.38. The van der Waals surface area contributed by atoms with Crippen molar-refractivity contribution >= 4 is 28.4 Å². The van der Waals surface area contributed by atoms with Crippen LogP contribution in [0, 0.1) is 0 Å². The van der Waals surface area contributed by atoms with E-state index in [9.17, 15) is 9.59 Å². The minimum atomic E-state index is -0.0761. The van der Waals surface area contributed by atoms with Gasteiger partial charge in [0.2, 0.25) is 0 Å². The smallest absolute Gasteiger partial charge is 0.261 e. The summed E-state index contributed by atoms with van der Waals surface area (Å²) < 4.78 is 1.62. The minimum Gasteiger partial charge on any atom is -0.336 e. The van der Waals surface area contributed by atoms with Crippen molar-refractivity contribution in [3.8, 4) is 0 Å². The first-order chi connectivity index (χ1) is 14.9. The Morgan fingerprint density at radius 3 is 2.42 bits per heavy atom. The number of hydrogen-bond acceptors (Lipinski definition) is 4. The fourth-order valence-electron chi connectivity index (χ4n) is 4.18. The first-order valence-corrected chi connectivity index (χ1v) is 11.0. The molecule has 0 bridgehead atoms. The molecule has 31 heavy (non-hydrogen) atoms. The van der Waals surface area contributed by atoms with Gasteiger partial charge in [-0.25, -0.2) is 4.98 Å². The number of nitrogens with zero attached hydrogens (tertiary/aromatic N) is 4. The van der Waals surface area contributed by atoms with Gasteiger partial charge in [0.25, 0.3) is 11.5 Å². The van der Waals surface area contributed by atoms with E-state index in [4.69, 9.17) is 16.6 Å². The lowest BCUT2D eigenvalue weighted by Crippen LogP contribution is -2.49. The fourth-order valence-corrected chi connectivity index (χ4v) is 4.34. The van der Waals surface area contributed by atoms with Crippen LogP contribution < -0.4 is 5.56 Å². The van der Waals surface area contributed by atoms with Crippen molar-refractivity contribution in [1.29, 1.82) is 0 Å². The highest BCUT2D eigenvalue weighted by Gasteiger charge is 2.27. The third kappa shape index (κ3) is 4.23. The molecule has 0 spiro atoms. The van der Waals surface area contributed by atoms with Crippen LogP contribution in [0.15, 0.2) is 47.3 Å². The molecule has 0 radical (unpaired) electrons. The summed E-state index contributed by atoms with van der Waals surface area (Å²) in [6.07, 6.45) is 0.961. The van der Waals surface area contributed by atoms with Crippen LogP contribution in [-0.2, 0) is 13.5 Å². The van der Waals surface area contributed by atoms with Crippen LogP contribution in [0.2, 0.25) is 5.02 Å². The molecule has 6 nitrogen and oxygen atoms in total. The van der Waals surface area contributed by atoms with Crippen molar-refractivity contribution in [2.24, 2.45) is 7.05 Å². The number of fused-ring (bicyclic) bond motifs is 1. The van der Waals surface area contributed by atoms with Gasteiger partial charge < -0.3 is 4.90 Å². The number of amides is 1. The van der Waals surface area contributed by atoms with E-state index in [1.807, 2.05) is 29.2 Å². The number of hydrogen-bond donors (Lipinski definition) is 0. The van der Waals surface area contributed by atoms with E-state index in [0.717, 1.165) is 25.1 Å². The van der Waals surface area contributed by atoms with E-state index < -0.39 is 0 Å². The molecular weight excluding hydrogens is 412 g/mol. The molecule has 1 aromatic heterocycles. The minimum absolute atomic E-state index is 0.0535. The molecule has 0 aliphatic carbocycles. The number of aryl methyl sites for hydroxylation is 1. The molecule has 1 fully saturated rings. The molecule has 2 aromatic carbocycles. The summed E-state index contributed by atoms with van der Waals surface area (Å²) in [7, 11) is 1.76. The first-order valence-electron chi connectivity index (χ1n) is 10.7. The molecule has 1 unspecified atom stereocenters. The lowest BCUT2D eigenvalue weighted by atomic mass is 10.1. The van der Waals surface area contributed by atoms with Crippen LogP contribution in [0.25, 0.3) is 10.9 Å². The second-order valence-corrected chi connectivity index (χ2v) is 8.49. The summed E-state index contributed by atoms with van der Waals surface area (Å²) in [5, 5.41) is 1.12. The number of benzene rings is 2. The second-order valence-electron chi connectivity index (χ2n) is 8.05. The van der Waals surface area contributed by atoms with Crippen molar-refractivity contribution in [3.63, 3.8) is 0 Å². The number of carbonyl (C=O) groups is 1. The van der Waals surface area contributed by atoms with E-state index in [1.54, 1.807) is 29.8 Å². The third-order valence-electron chi connectivity index (χ3n) is 6.21. The van der Waals surface area contributed by atoms with Gasteiger partial charge >= 0.3 is 0 Å². The average Bonchev–Trinajstić information content (AvgIpc) is 2.80. The highest BCUT2D eigenvalue weighted by atomic mass is 35.5. The average molecular weight is 439 g/mol. The van der Waals surface area contributed by atoms with E-state index in [0.29, 0.717) is 34.8 Å². The largest absolute Gasteiger partial charge is 0.336 e. The van der Waals surface area contributed by atoms with Crippen molar-refractivity contribution < 1.29 is 4.79 Å². The van der Waals surface area contributed by atoms with E-state index in [1.165, 1.54) is 5.56 Å². The summed E-state index contributed by atoms with van der Waals surface area (Å²) in [4.78, 5) is 34.6. The molecule has 0 saturated carbocycles. The van der Waals surface area contributed by atoms with Gasteiger partial charge in [0.05, 0.1) is 16.9 Å². The zero-order valence-electron chi connectivity index (χ0n) is 18.1. The Balaban J connectivity index is 1.49. The molecule has 1 aliphatic heterocycles. The van der Waals surface area contributed by atoms with E-state index >= 15 is 0 Å². The summed E-state index contributed by atoms with van der Waals surface area (Å²) >= 11 is 6.11. The van der Waals surface area contributed by atoms with Gasteiger partial charge in [-0.15, -0.1) is 0 Å². The SMILES string of the molecule is CCc1ccc(C(=O)N2CCN(C(C)c3nc4cc(Cl)ccc4c(=O)n3C)CC2)cc1. The summed E-state index contributed by atoms with van der Waals surface area (Å²) in [6.45, 7) is 6.90. The van der Waals surface area contributed by atoms with Crippen LogP contribution in [0.1, 0.15) is 41.6 Å². The van der Waals surface area contributed by atoms with Crippen LogP contribution >= 0.6 is 11.6 Å².